The van der Waals surface area contributed by atoms with Gasteiger partial charge in [-0.3, -0.25) is 0 Å². The van der Waals surface area contributed by atoms with E-state index in [-0.39, 0.29) is 11.6 Å². The van der Waals surface area contributed by atoms with Crippen molar-refractivity contribution in [2.24, 2.45) is 0 Å². The SMILES string of the molecule is O=C(O)/C=C/c1ccc(C(F)(F)F)cc1S(=O)(=O)NC1CCCC1. The van der Waals surface area contributed by atoms with Gasteiger partial charge in [-0.15, -0.1) is 0 Å². The van der Waals surface area contributed by atoms with Crippen LogP contribution in [0.5, 0.6) is 0 Å². The molecule has 2 N–H and O–H groups in total. The Morgan fingerprint density at radius 1 is 1.25 bits per heavy atom. The molecular formula is C15H16F3NO4S. The highest BCUT2D eigenvalue weighted by molar-refractivity contribution is 7.89. The molecule has 5 nitrogen and oxygen atoms in total. The van der Waals surface area contributed by atoms with Gasteiger partial charge in [0.15, 0.2) is 0 Å². The van der Waals surface area contributed by atoms with Gasteiger partial charge in [-0.05, 0) is 36.6 Å². The molecule has 0 radical (unpaired) electrons. The molecule has 0 saturated heterocycles. The number of aliphatic carboxylic acids is 1. The molecule has 0 aromatic heterocycles. The van der Waals surface area contributed by atoms with Crippen molar-refractivity contribution in [3.63, 3.8) is 0 Å². The molecule has 0 unspecified atom stereocenters. The van der Waals surface area contributed by atoms with E-state index in [1.54, 1.807) is 0 Å². The second kappa shape index (κ2) is 6.94. The molecule has 0 spiro atoms. The summed E-state index contributed by atoms with van der Waals surface area (Å²) in [5, 5.41) is 8.65. The monoisotopic (exact) mass is 363 g/mol. The molecule has 24 heavy (non-hydrogen) atoms. The van der Waals surface area contributed by atoms with Crippen LogP contribution in [0.1, 0.15) is 36.8 Å². The van der Waals surface area contributed by atoms with E-state index < -0.39 is 32.6 Å². The Kier molecular flexibility index (Phi) is 5.34. The highest BCUT2D eigenvalue weighted by Gasteiger charge is 2.33. The second-order valence-corrected chi connectivity index (χ2v) is 7.21. The van der Waals surface area contributed by atoms with Crippen molar-refractivity contribution in [2.45, 2.75) is 42.8 Å². The minimum atomic E-state index is -4.70. The zero-order valence-corrected chi connectivity index (χ0v) is 13.3. The number of carbonyl (C=O) groups is 1. The zero-order chi connectivity index (χ0) is 18.0. The topological polar surface area (TPSA) is 83.5 Å². The lowest BCUT2D eigenvalue weighted by Gasteiger charge is -2.16. The molecule has 1 aliphatic carbocycles. The second-order valence-electron chi connectivity index (χ2n) is 5.52. The van der Waals surface area contributed by atoms with E-state index in [1.807, 2.05) is 0 Å². The summed E-state index contributed by atoms with van der Waals surface area (Å²) in [6.45, 7) is 0. The van der Waals surface area contributed by atoms with Crippen molar-refractivity contribution >= 4 is 22.1 Å². The Labute approximate surface area is 137 Å². The third kappa shape index (κ3) is 4.57. The van der Waals surface area contributed by atoms with Crippen LogP contribution in [0.15, 0.2) is 29.2 Å². The molecule has 0 heterocycles. The predicted molar refractivity (Wildman–Crippen MR) is 80.7 cm³/mol. The van der Waals surface area contributed by atoms with Gasteiger partial charge in [0.1, 0.15) is 0 Å². The fourth-order valence-electron chi connectivity index (χ4n) is 2.57. The third-order valence-electron chi connectivity index (χ3n) is 3.71. The van der Waals surface area contributed by atoms with E-state index >= 15 is 0 Å². The number of carboxylic acids is 1. The highest BCUT2D eigenvalue weighted by atomic mass is 32.2. The van der Waals surface area contributed by atoms with Crippen molar-refractivity contribution in [3.05, 3.63) is 35.4 Å². The first-order valence-corrected chi connectivity index (χ1v) is 8.72. The van der Waals surface area contributed by atoms with Crippen LogP contribution < -0.4 is 4.72 Å². The first-order valence-electron chi connectivity index (χ1n) is 7.24. The maximum Gasteiger partial charge on any atom is 0.416 e. The van der Waals surface area contributed by atoms with Crippen LogP contribution in [0, 0.1) is 0 Å². The van der Waals surface area contributed by atoms with Crippen molar-refractivity contribution in [1.82, 2.24) is 4.72 Å². The Morgan fingerprint density at radius 3 is 2.42 bits per heavy atom. The quantitative estimate of drug-likeness (QED) is 0.788. The van der Waals surface area contributed by atoms with Gasteiger partial charge in [-0.2, -0.15) is 13.2 Å². The average Bonchev–Trinajstić information content (AvgIpc) is 2.96. The van der Waals surface area contributed by atoms with Crippen LogP contribution in [0.4, 0.5) is 13.2 Å². The number of carboxylic acid groups (broad SMARTS) is 1. The minimum absolute atomic E-state index is 0.115. The molecule has 9 heteroatoms. The lowest BCUT2D eigenvalue weighted by Crippen LogP contribution is -2.33. The number of hydrogen-bond acceptors (Lipinski definition) is 3. The van der Waals surface area contributed by atoms with Gasteiger partial charge in [0.05, 0.1) is 10.5 Å². The number of sulfonamides is 1. The van der Waals surface area contributed by atoms with Crippen LogP contribution in [-0.4, -0.2) is 25.5 Å². The molecule has 1 aromatic carbocycles. The third-order valence-corrected chi connectivity index (χ3v) is 5.29. The first-order chi connectivity index (χ1) is 11.1. The summed E-state index contributed by atoms with van der Waals surface area (Å²) >= 11 is 0. The van der Waals surface area contributed by atoms with Gasteiger partial charge in [-0.1, -0.05) is 18.9 Å². The molecule has 2 rings (SSSR count). The summed E-state index contributed by atoms with van der Waals surface area (Å²) in [4.78, 5) is 10.0. The Morgan fingerprint density at radius 2 is 1.88 bits per heavy atom. The van der Waals surface area contributed by atoms with Gasteiger partial charge >= 0.3 is 12.1 Å². The molecule has 1 aromatic rings. The van der Waals surface area contributed by atoms with Crippen molar-refractivity contribution in [2.75, 3.05) is 0 Å². The summed E-state index contributed by atoms with van der Waals surface area (Å²) in [7, 11) is -4.20. The van der Waals surface area contributed by atoms with Gasteiger partial charge in [0, 0.05) is 12.1 Å². The number of nitrogens with one attached hydrogen (secondary N) is 1. The van der Waals surface area contributed by atoms with Crippen molar-refractivity contribution < 1.29 is 31.5 Å². The largest absolute Gasteiger partial charge is 0.478 e. The molecule has 1 aliphatic rings. The summed E-state index contributed by atoms with van der Waals surface area (Å²) in [6.07, 6.45) is -0.115. The van der Waals surface area contributed by atoms with E-state index in [1.165, 1.54) is 0 Å². The minimum Gasteiger partial charge on any atom is -0.478 e. The van der Waals surface area contributed by atoms with E-state index in [0.717, 1.165) is 31.1 Å². The van der Waals surface area contributed by atoms with Crippen LogP contribution >= 0.6 is 0 Å². The molecule has 0 amide bonds. The number of halogens is 3. The van der Waals surface area contributed by atoms with Crippen molar-refractivity contribution in [3.8, 4) is 0 Å². The van der Waals surface area contributed by atoms with Crippen LogP contribution in [0.25, 0.3) is 6.08 Å². The molecule has 0 bridgehead atoms. The van der Waals surface area contributed by atoms with Crippen LogP contribution in [-0.2, 0) is 21.0 Å². The maximum atomic E-state index is 12.9. The Balaban J connectivity index is 2.47. The number of rotatable bonds is 5. The van der Waals surface area contributed by atoms with Crippen LogP contribution in [0.3, 0.4) is 0 Å². The van der Waals surface area contributed by atoms with Gasteiger partial charge in [0.25, 0.3) is 0 Å². The first kappa shape index (κ1) is 18.5. The standard InChI is InChI=1S/C15H16F3NO4S/c16-15(17,18)11-7-5-10(6-8-14(20)21)13(9-11)24(22,23)19-12-3-1-2-4-12/h5-9,12,19H,1-4H2,(H,20,21)/b8-6+. The number of benzene rings is 1. The average molecular weight is 363 g/mol. The highest BCUT2D eigenvalue weighted by Crippen LogP contribution is 2.32. The fourth-order valence-corrected chi connectivity index (χ4v) is 4.10. The van der Waals surface area contributed by atoms with E-state index in [4.69, 9.17) is 5.11 Å². The summed E-state index contributed by atoms with van der Waals surface area (Å²) in [5.41, 5.74) is -1.22. The Bertz CT molecular complexity index is 750. The maximum absolute atomic E-state index is 12.9. The van der Waals surface area contributed by atoms with E-state index in [9.17, 15) is 26.4 Å². The molecule has 132 valence electrons. The molecule has 0 atom stereocenters. The summed E-state index contributed by atoms with van der Waals surface area (Å²) < 4.78 is 66.0. The summed E-state index contributed by atoms with van der Waals surface area (Å²) in [5.74, 6) is -1.33. The Hall–Kier alpha value is -1.87. The predicted octanol–water partition coefficient (Wildman–Crippen LogP) is 3.02. The number of alkyl halides is 3. The van der Waals surface area contributed by atoms with E-state index in [2.05, 4.69) is 4.72 Å². The van der Waals surface area contributed by atoms with Crippen molar-refractivity contribution in [1.29, 1.82) is 0 Å². The lowest BCUT2D eigenvalue weighted by atomic mass is 10.1. The molecule has 1 saturated carbocycles. The summed E-state index contributed by atoms with van der Waals surface area (Å²) in [6, 6.07) is 1.88. The molecule has 0 aliphatic heterocycles. The fraction of sp³-hybridized carbons (Fsp3) is 0.400. The lowest BCUT2D eigenvalue weighted by molar-refractivity contribution is -0.137. The van der Waals surface area contributed by atoms with E-state index in [0.29, 0.717) is 25.0 Å². The normalized spacial score (nSPS) is 16.8. The van der Waals surface area contributed by atoms with Gasteiger partial charge in [0.2, 0.25) is 10.0 Å². The van der Waals surface area contributed by atoms with Gasteiger partial charge in [-0.25, -0.2) is 17.9 Å². The number of hydrogen-bond donors (Lipinski definition) is 2. The smallest absolute Gasteiger partial charge is 0.416 e. The molecular weight excluding hydrogens is 347 g/mol. The zero-order valence-electron chi connectivity index (χ0n) is 12.5. The van der Waals surface area contributed by atoms with Gasteiger partial charge < -0.3 is 5.11 Å². The van der Waals surface area contributed by atoms with Crippen LogP contribution in [0.2, 0.25) is 0 Å². The molecule has 1 fully saturated rings.